The molecule has 9 heteroatoms. The molecule has 1 aliphatic rings. The number of hydrogen-bond donors (Lipinski definition) is 3. The minimum absolute atomic E-state index is 0. The van der Waals surface area contributed by atoms with Gasteiger partial charge in [-0.05, 0) is 48.7 Å². The van der Waals surface area contributed by atoms with E-state index in [1.165, 1.54) is 0 Å². The highest BCUT2D eigenvalue weighted by Crippen LogP contribution is 2.14. The summed E-state index contributed by atoms with van der Waals surface area (Å²) in [6.07, 6.45) is 2.09. The number of rotatable bonds is 5. The van der Waals surface area contributed by atoms with E-state index in [0.29, 0.717) is 12.5 Å². The van der Waals surface area contributed by atoms with Crippen LogP contribution in [0.1, 0.15) is 24.0 Å². The predicted octanol–water partition coefficient (Wildman–Crippen LogP) is 4.08. The summed E-state index contributed by atoms with van der Waals surface area (Å²) in [5.74, 6) is -0.505. The van der Waals surface area contributed by atoms with Gasteiger partial charge in [0.1, 0.15) is 11.6 Å². The Hall–Kier alpha value is -2.43. The lowest BCUT2D eigenvalue weighted by Gasteiger charge is -2.17. The number of nitrogens with zero attached hydrogens (tertiary/aromatic N) is 2. The minimum Gasteiger partial charge on any atom is -0.352 e. The number of carbonyl (C=O) groups is 1. The number of nitrogens with one attached hydrogen (secondary N) is 3. The van der Waals surface area contributed by atoms with E-state index in [9.17, 15) is 13.6 Å². The van der Waals surface area contributed by atoms with Crippen LogP contribution in [0.15, 0.2) is 47.5 Å². The van der Waals surface area contributed by atoms with Crippen LogP contribution < -0.4 is 16.0 Å². The first-order valence-corrected chi connectivity index (χ1v) is 9.58. The lowest BCUT2D eigenvalue weighted by Crippen LogP contribution is -2.36. The number of benzene rings is 2. The molecule has 6 nitrogen and oxygen atoms in total. The summed E-state index contributed by atoms with van der Waals surface area (Å²) < 4.78 is 27.0. The largest absolute Gasteiger partial charge is 0.352 e. The summed E-state index contributed by atoms with van der Waals surface area (Å²) in [7, 11) is 1.60. The number of aliphatic imine (C=N–C) groups is 1. The van der Waals surface area contributed by atoms with Gasteiger partial charge in [0.25, 0.3) is 0 Å². The average molecular weight is 529 g/mol. The molecule has 1 fully saturated rings. The van der Waals surface area contributed by atoms with E-state index in [-0.39, 0.29) is 42.1 Å². The third kappa shape index (κ3) is 6.82. The van der Waals surface area contributed by atoms with Crippen LogP contribution in [-0.4, -0.2) is 37.0 Å². The van der Waals surface area contributed by atoms with Crippen molar-refractivity contribution >= 4 is 41.7 Å². The highest BCUT2D eigenvalue weighted by molar-refractivity contribution is 14.0. The zero-order valence-corrected chi connectivity index (χ0v) is 19.1. The Kier molecular flexibility index (Phi) is 9.28. The summed E-state index contributed by atoms with van der Waals surface area (Å²) in [4.78, 5) is 18.1. The van der Waals surface area contributed by atoms with E-state index < -0.39 is 11.6 Å². The minimum atomic E-state index is -0.487. The molecule has 2 aromatic rings. The van der Waals surface area contributed by atoms with Gasteiger partial charge in [-0.15, -0.1) is 24.0 Å². The molecule has 1 heterocycles. The summed E-state index contributed by atoms with van der Waals surface area (Å²) >= 11 is 0. The van der Waals surface area contributed by atoms with Crippen LogP contribution in [-0.2, 0) is 13.1 Å². The molecule has 0 aromatic heterocycles. The van der Waals surface area contributed by atoms with E-state index in [4.69, 9.17) is 0 Å². The summed E-state index contributed by atoms with van der Waals surface area (Å²) in [5, 5.41) is 9.01. The third-order valence-corrected chi connectivity index (χ3v) is 4.71. The molecule has 30 heavy (non-hydrogen) atoms. The van der Waals surface area contributed by atoms with E-state index in [2.05, 4.69) is 20.9 Å². The number of guanidine groups is 1. The molecule has 0 atom stereocenters. The van der Waals surface area contributed by atoms with E-state index in [0.717, 1.165) is 55.4 Å². The zero-order chi connectivity index (χ0) is 20.6. The lowest BCUT2D eigenvalue weighted by molar-refractivity contribution is 0.222. The van der Waals surface area contributed by atoms with Crippen LogP contribution in [0.5, 0.6) is 0 Å². The quantitative estimate of drug-likeness (QED) is 0.311. The Labute approximate surface area is 192 Å². The van der Waals surface area contributed by atoms with Crippen molar-refractivity contribution in [1.29, 1.82) is 0 Å². The molecular formula is C21H26F2IN5O. The molecule has 1 aliphatic heterocycles. The summed E-state index contributed by atoms with van der Waals surface area (Å²) in [5.41, 5.74) is 1.90. The molecule has 0 spiro atoms. The Morgan fingerprint density at radius 3 is 2.53 bits per heavy atom. The van der Waals surface area contributed by atoms with Crippen molar-refractivity contribution in [3.05, 3.63) is 65.2 Å². The highest BCUT2D eigenvalue weighted by atomic mass is 127. The van der Waals surface area contributed by atoms with Crippen LogP contribution in [0.3, 0.4) is 0 Å². The van der Waals surface area contributed by atoms with Gasteiger partial charge in [-0.3, -0.25) is 4.99 Å². The van der Waals surface area contributed by atoms with Crippen LogP contribution in [0.2, 0.25) is 0 Å². The summed E-state index contributed by atoms with van der Waals surface area (Å²) in [6.45, 7) is 2.15. The van der Waals surface area contributed by atoms with Gasteiger partial charge in [0.2, 0.25) is 0 Å². The third-order valence-electron chi connectivity index (χ3n) is 4.71. The smallest absolute Gasteiger partial charge is 0.321 e. The van der Waals surface area contributed by atoms with E-state index >= 15 is 0 Å². The summed E-state index contributed by atoms with van der Waals surface area (Å²) in [6, 6.07) is 10.8. The van der Waals surface area contributed by atoms with Crippen molar-refractivity contribution in [1.82, 2.24) is 15.5 Å². The molecule has 3 rings (SSSR count). The van der Waals surface area contributed by atoms with Crippen molar-refractivity contribution in [2.75, 3.05) is 25.5 Å². The van der Waals surface area contributed by atoms with Gasteiger partial charge in [0.15, 0.2) is 5.96 Å². The standard InChI is InChI=1S/C21H25F2N5O.HI/c1-24-20(26-14-16-12-17(22)7-8-19(16)23)25-13-15-5-4-6-18(11-15)27-21(29)28-9-2-3-10-28;/h4-8,11-12H,2-3,9-10,13-14H2,1H3,(H,27,29)(H2,24,25,26);1H. The molecule has 1 saturated heterocycles. The molecule has 0 unspecified atom stereocenters. The van der Waals surface area contributed by atoms with Gasteiger partial charge in [-0.1, -0.05) is 12.1 Å². The van der Waals surface area contributed by atoms with Crippen molar-refractivity contribution < 1.29 is 13.6 Å². The average Bonchev–Trinajstić information content (AvgIpc) is 3.26. The van der Waals surface area contributed by atoms with Gasteiger partial charge in [0, 0.05) is 44.5 Å². The molecule has 2 amide bonds. The highest BCUT2D eigenvalue weighted by Gasteiger charge is 2.17. The second-order valence-electron chi connectivity index (χ2n) is 6.84. The number of halogens is 3. The fourth-order valence-corrected chi connectivity index (χ4v) is 3.15. The van der Waals surface area contributed by atoms with Crippen molar-refractivity contribution in [3.63, 3.8) is 0 Å². The number of amides is 2. The van der Waals surface area contributed by atoms with Crippen LogP contribution in [0.25, 0.3) is 0 Å². The van der Waals surface area contributed by atoms with Gasteiger partial charge >= 0.3 is 6.03 Å². The van der Waals surface area contributed by atoms with Crippen LogP contribution in [0, 0.1) is 11.6 Å². The van der Waals surface area contributed by atoms with Crippen LogP contribution >= 0.6 is 24.0 Å². The SMILES string of the molecule is CN=C(NCc1cccc(NC(=O)N2CCCC2)c1)NCc1cc(F)ccc1F.I. The second kappa shape index (κ2) is 11.7. The van der Waals surface area contributed by atoms with Gasteiger partial charge in [0.05, 0.1) is 0 Å². The molecule has 0 bridgehead atoms. The van der Waals surface area contributed by atoms with Gasteiger partial charge < -0.3 is 20.9 Å². The topological polar surface area (TPSA) is 68.8 Å². The lowest BCUT2D eigenvalue weighted by atomic mass is 10.2. The number of likely N-dealkylation sites (tertiary alicyclic amines) is 1. The number of urea groups is 1. The number of hydrogen-bond acceptors (Lipinski definition) is 2. The normalized spacial score (nSPS) is 13.6. The number of anilines is 1. The van der Waals surface area contributed by atoms with E-state index in [1.807, 2.05) is 29.2 Å². The maximum atomic E-state index is 13.7. The molecule has 2 aromatic carbocycles. The molecule has 3 N–H and O–H groups in total. The zero-order valence-electron chi connectivity index (χ0n) is 16.8. The Morgan fingerprint density at radius 2 is 1.80 bits per heavy atom. The molecule has 0 saturated carbocycles. The molecular weight excluding hydrogens is 503 g/mol. The van der Waals surface area contributed by atoms with Crippen LogP contribution in [0.4, 0.5) is 19.3 Å². The molecule has 162 valence electrons. The van der Waals surface area contributed by atoms with Gasteiger partial charge in [-0.25, -0.2) is 13.6 Å². The fourth-order valence-electron chi connectivity index (χ4n) is 3.15. The second-order valence-corrected chi connectivity index (χ2v) is 6.84. The Morgan fingerprint density at radius 1 is 1.07 bits per heavy atom. The first-order valence-electron chi connectivity index (χ1n) is 9.58. The Bertz CT molecular complexity index is 887. The Balaban J connectivity index is 0.00000320. The fraction of sp³-hybridized carbons (Fsp3) is 0.333. The molecule has 0 aliphatic carbocycles. The van der Waals surface area contributed by atoms with Crippen molar-refractivity contribution in [2.45, 2.75) is 25.9 Å². The first-order chi connectivity index (χ1) is 14.0. The maximum Gasteiger partial charge on any atom is 0.321 e. The van der Waals surface area contributed by atoms with Gasteiger partial charge in [-0.2, -0.15) is 0 Å². The monoisotopic (exact) mass is 529 g/mol. The first kappa shape index (κ1) is 23.8. The predicted molar refractivity (Wildman–Crippen MR) is 125 cm³/mol. The number of carbonyl (C=O) groups excluding carboxylic acids is 1. The maximum absolute atomic E-state index is 13.7. The van der Waals surface area contributed by atoms with Crippen molar-refractivity contribution in [3.8, 4) is 0 Å². The van der Waals surface area contributed by atoms with Crippen molar-refractivity contribution in [2.24, 2.45) is 4.99 Å². The van der Waals surface area contributed by atoms with E-state index in [1.54, 1.807) is 7.05 Å². The molecule has 0 radical (unpaired) electrons.